The lowest BCUT2D eigenvalue weighted by Crippen LogP contribution is -2.41. The van der Waals surface area contributed by atoms with Crippen LogP contribution in [0.25, 0.3) is 36.5 Å². The quantitative estimate of drug-likeness (QED) is 0.102. The second-order valence-electron chi connectivity index (χ2n) is 19.1. The molecule has 0 bridgehead atoms. The van der Waals surface area contributed by atoms with E-state index in [0.717, 1.165) is 44.8 Å². The molecule has 0 amide bonds. The van der Waals surface area contributed by atoms with Crippen LogP contribution in [-0.4, -0.2) is 18.3 Å². The number of anilines is 3. The third-order valence-electron chi connectivity index (χ3n) is 11.8. The van der Waals surface area contributed by atoms with Crippen LogP contribution >= 0.6 is 0 Å². The maximum absolute atomic E-state index is 6.32. The summed E-state index contributed by atoms with van der Waals surface area (Å²) < 4.78 is 12.6. The molecule has 0 N–H and O–H groups in total. The second-order valence-corrected chi connectivity index (χ2v) is 19.1. The molecular formula is C56H60BNO2. The Morgan fingerprint density at radius 1 is 0.400 bits per heavy atom. The Labute approximate surface area is 360 Å². The van der Waals surface area contributed by atoms with Crippen molar-refractivity contribution < 1.29 is 9.31 Å². The van der Waals surface area contributed by atoms with Gasteiger partial charge in [0.05, 0.1) is 11.2 Å². The van der Waals surface area contributed by atoms with E-state index in [4.69, 9.17) is 9.31 Å². The van der Waals surface area contributed by atoms with E-state index in [0.29, 0.717) is 0 Å². The van der Waals surface area contributed by atoms with Crippen molar-refractivity contribution in [2.75, 3.05) is 4.90 Å². The monoisotopic (exact) mass is 789 g/mol. The predicted octanol–water partition coefficient (Wildman–Crippen LogP) is 14.6. The van der Waals surface area contributed by atoms with Gasteiger partial charge in [-0.15, -0.1) is 0 Å². The van der Waals surface area contributed by atoms with Gasteiger partial charge in [-0.25, -0.2) is 0 Å². The fourth-order valence-electron chi connectivity index (χ4n) is 7.20. The van der Waals surface area contributed by atoms with E-state index >= 15 is 0 Å². The van der Waals surface area contributed by atoms with Crippen molar-refractivity contribution in [1.29, 1.82) is 0 Å². The summed E-state index contributed by atoms with van der Waals surface area (Å²) in [6.07, 6.45) is 13.1. The number of benzene rings is 6. The van der Waals surface area contributed by atoms with Gasteiger partial charge in [-0.05, 0) is 125 Å². The second kappa shape index (κ2) is 17.1. The van der Waals surface area contributed by atoms with Crippen molar-refractivity contribution in [2.24, 2.45) is 0 Å². The molecule has 0 spiro atoms. The predicted molar refractivity (Wildman–Crippen MR) is 260 cm³/mol. The maximum atomic E-state index is 6.32. The molecule has 0 radical (unpaired) electrons. The zero-order chi connectivity index (χ0) is 42.7. The molecule has 1 fully saturated rings. The highest BCUT2D eigenvalue weighted by atomic mass is 16.7. The first kappa shape index (κ1) is 42.4. The third kappa shape index (κ3) is 10.2. The molecule has 1 heterocycles. The van der Waals surface area contributed by atoms with E-state index in [1.54, 1.807) is 0 Å². The number of hydrogen-bond donors (Lipinski definition) is 0. The normalized spacial score (nSPS) is 15.4. The molecule has 1 aliphatic rings. The highest BCUT2D eigenvalue weighted by Crippen LogP contribution is 2.37. The van der Waals surface area contributed by atoms with Crippen molar-refractivity contribution in [3.8, 4) is 0 Å². The Balaban J connectivity index is 1.12. The molecule has 304 valence electrons. The molecule has 1 saturated heterocycles. The lowest BCUT2D eigenvalue weighted by molar-refractivity contribution is 0.00578. The lowest BCUT2D eigenvalue weighted by Gasteiger charge is -2.32. The van der Waals surface area contributed by atoms with Gasteiger partial charge < -0.3 is 14.2 Å². The largest absolute Gasteiger partial charge is 0.494 e. The smallest absolute Gasteiger partial charge is 0.399 e. The topological polar surface area (TPSA) is 21.7 Å². The Morgan fingerprint density at radius 2 is 0.700 bits per heavy atom. The minimum absolute atomic E-state index is 0.139. The van der Waals surface area contributed by atoms with Gasteiger partial charge >= 0.3 is 7.12 Å². The lowest BCUT2D eigenvalue weighted by atomic mass is 9.78. The Bertz CT molecular complexity index is 2330. The number of hydrogen-bond acceptors (Lipinski definition) is 3. The summed E-state index contributed by atoms with van der Waals surface area (Å²) in [6.45, 7) is 21.8. The van der Waals surface area contributed by atoms with Crippen molar-refractivity contribution >= 4 is 66.1 Å². The molecule has 6 aromatic rings. The average molecular weight is 790 g/mol. The Morgan fingerprint density at radius 3 is 1.02 bits per heavy atom. The number of nitrogens with zero attached hydrogens (tertiary/aromatic N) is 1. The van der Waals surface area contributed by atoms with Crippen molar-refractivity contribution in [3.05, 3.63) is 190 Å². The fourth-order valence-corrected chi connectivity index (χ4v) is 7.20. The van der Waals surface area contributed by atoms with Crippen LogP contribution in [0.1, 0.15) is 114 Å². The van der Waals surface area contributed by atoms with Crippen molar-refractivity contribution in [2.45, 2.75) is 91.3 Å². The van der Waals surface area contributed by atoms with Crippen LogP contribution in [0.3, 0.4) is 0 Å². The van der Waals surface area contributed by atoms with Gasteiger partial charge in [-0.1, -0.05) is 187 Å². The van der Waals surface area contributed by atoms with E-state index in [-0.39, 0.29) is 29.2 Å². The molecule has 7 rings (SSSR count). The Hall–Kier alpha value is -5.68. The molecule has 0 atom stereocenters. The summed E-state index contributed by atoms with van der Waals surface area (Å²) in [5, 5.41) is 0. The van der Waals surface area contributed by atoms with Crippen LogP contribution in [-0.2, 0) is 20.1 Å². The van der Waals surface area contributed by atoms with E-state index in [1.807, 2.05) is 0 Å². The highest BCUT2D eigenvalue weighted by Gasteiger charge is 2.51. The molecule has 0 aliphatic carbocycles. The molecule has 0 aromatic heterocycles. The summed E-state index contributed by atoms with van der Waals surface area (Å²) >= 11 is 0. The van der Waals surface area contributed by atoms with Crippen LogP contribution < -0.4 is 10.4 Å². The van der Waals surface area contributed by atoms with Crippen LogP contribution in [0.15, 0.2) is 146 Å². The minimum Gasteiger partial charge on any atom is -0.399 e. The van der Waals surface area contributed by atoms with Gasteiger partial charge in [0.2, 0.25) is 0 Å². The zero-order valence-electron chi connectivity index (χ0n) is 37.2. The van der Waals surface area contributed by atoms with E-state index in [1.165, 1.54) is 22.3 Å². The standard InChI is InChI=1S/C56H60BNO2/c1-53(2,3)47-30-20-41(21-31-47)14-16-43-24-34-50(35-25-43)58(51-36-26-44(27-37-51)17-15-42-22-32-48(33-23-42)54(4,5)6)52-38-28-45(29-39-52)18-19-46-12-11-13-49(40-46)57-59-55(7,8)56(9,10)60-57/h11-40H,1-10H3/b16-14+,17-15+,19-18+. The van der Waals surface area contributed by atoms with Crippen LogP contribution in [0.2, 0.25) is 0 Å². The molecule has 60 heavy (non-hydrogen) atoms. The van der Waals surface area contributed by atoms with Gasteiger partial charge in [-0.3, -0.25) is 0 Å². The van der Waals surface area contributed by atoms with Gasteiger partial charge in [0.15, 0.2) is 0 Å². The summed E-state index contributed by atoms with van der Waals surface area (Å²) in [5.74, 6) is 0. The zero-order valence-corrected chi connectivity index (χ0v) is 37.2. The first-order valence-electron chi connectivity index (χ1n) is 21.2. The van der Waals surface area contributed by atoms with Crippen molar-refractivity contribution in [3.63, 3.8) is 0 Å². The SMILES string of the molecule is CC(C)(C)c1ccc(/C=C/c2ccc(N(c3ccc(/C=C/c4ccc(C(C)(C)C)cc4)cc3)c3ccc(/C=C/c4cccc(B5OC(C)(C)C(C)(C)O5)c4)cc3)cc2)cc1. The van der Waals surface area contributed by atoms with Gasteiger partial charge in [0.1, 0.15) is 0 Å². The van der Waals surface area contributed by atoms with Gasteiger partial charge in [0, 0.05) is 17.1 Å². The molecule has 0 unspecified atom stereocenters. The van der Waals surface area contributed by atoms with E-state index in [9.17, 15) is 0 Å². The first-order valence-corrected chi connectivity index (χ1v) is 21.2. The molecule has 4 heteroatoms. The molecule has 0 saturated carbocycles. The molecule has 3 nitrogen and oxygen atoms in total. The summed E-state index contributed by atoms with van der Waals surface area (Å²) in [7, 11) is -0.389. The van der Waals surface area contributed by atoms with Crippen LogP contribution in [0.4, 0.5) is 17.1 Å². The molecule has 6 aromatic carbocycles. The van der Waals surface area contributed by atoms with Crippen molar-refractivity contribution in [1.82, 2.24) is 0 Å². The summed E-state index contributed by atoms with van der Waals surface area (Å²) in [6, 6.07) is 52.5. The fraction of sp³-hybridized carbons (Fsp3) is 0.250. The highest BCUT2D eigenvalue weighted by molar-refractivity contribution is 6.62. The van der Waals surface area contributed by atoms with Crippen LogP contribution in [0, 0.1) is 0 Å². The Kier molecular flexibility index (Phi) is 12.1. The molecule has 1 aliphatic heterocycles. The van der Waals surface area contributed by atoms with E-state index in [2.05, 4.69) is 256 Å². The van der Waals surface area contributed by atoms with Gasteiger partial charge in [-0.2, -0.15) is 0 Å². The van der Waals surface area contributed by atoms with Crippen LogP contribution in [0.5, 0.6) is 0 Å². The summed E-state index contributed by atoms with van der Waals surface area (Å²) in [5.41, 5.74) is 13.4. The number of rotatable bonds is 10. The first-order chi connectivity index (χ1) is 28.4. The summed E-state index contributed by atoms with van der Waals surface area (Å²) in [4.78, 5) is 2.32. The molecular weight excluding hydrogens is 729 g/mol. The average Bonchev–Trinajstić information content (AvgIpc) is 3.45. The third-order valence-corrected chi connectivity index (χ3v) is 11.8. The maximum Gasteiger partial charge on any atom is 0.494 e. The van der Waals surface area contributed by atoms with E-state index < -0.39 is 0 Å². The van der Waals surface area contributed by atoms with Gasteiger partial charge in [0.25, 0.3) is 0 Å². The minimum atomic E-state index is -0.389.